The number of nitrogens with zero attached hydrogens (tertiary/aromatic N) is 3. The quantitative estimate of drug-likeness (QED) is 0.734. The molecule has 1 saturated carbocycles. The van der Waals surface area contributed by atoms with Gasteiger partial charge in [-0.3, -0.25) is 0 Å². The topological polar surface area (TPSA) is 57.5 Å². The highest BCUT2D eigenvalue weighted by atomic mass is 15.2. The number of rotatable bonds is 3. The molecule has 0 aromatic carbocycles. The van der Waals surface area contributed by atoms with Crippen molar-refractivity contribution in [2.45, 2.75) is 25.8 Å². The van der Waals surface area contributed by atoms with Crippen LogP contribution in [-0.2, 0) is 0 Å². The Labute approximate surface area is 87.6 Å². The molecule has 0 unspecified atom stereocenters. The van der Waals surface area contributed by atoms with Crippen molar-refractivity contribution in [3.05, 3.63) is 12.7 Å². The Morgan fingerprint density at radius 1 is 1.53 bits per heavy atom. The van der Waals surface area contributed by atoms with Crippen molar-refractivity contribution in [1.29, 1.82) is 0 Å². The summed E-state index contributed by atoms with van der Waals surface area (Å²) >= 11 is 0. The molecule has 0 bridgehead atoms. The average Bonchev–Trinajstić information content (AvgIpc) is 2.96. The van der Waals surface area contributed by atoms with Crippen LogP contribution in [0.3, 0.4) is 0 Å². The predicted molar refractivity (Wildman–Crippen MR) is 56.5 cm³/mol. The van der Waals surface area contributed by atoms with Crippen LogP contribution in [0.2, 0.25) is 0 Å². The van der Waals surface area contributed by atoms with Crippen molar-refractivity contribution in [2.75, 3.05) is 11.9 Å². The summed E-state index contributed by atoms with van der Waals surface area (Å²) in [5, 5.41) is 3.23. The third-order valence-corrected chi connectivity index (χ3v) is 2.70. The fourth-order valence-electron chi connectivity index (χ4n) is 1.82. The normalized spacial score (nSPS) is 15.8. The lowest BCUT2D eigenvalue weighted by Crippen LogP contribution is -2.34. The minimum absolute atomic E-state index is 0.610. The van der Waals surface area contributed by atoms with E-state index in [4.69, 9.17) is 0 Å². The van der Waals surface area contributed by atoms with Gasteiger partial charge in [-0.15, -0.1) is 0 Å². The summed E-state index contributed by atoms with van der Waals surface area (Å²) in [6.07, 6.45) is 6.11. The molecule has 0 spiro atoms. The average molecular weight is 204 g/mol. The van der Waals surface area contributed by atoms with E-state index in [2.05, 4.69) is 31.8 Å². The summed E-state index contributed by atoms with van der Waals surface area (Å²) in [5.41, 5.74) is 2.01. The number of aromatic amines is 1. The largest absolute Gasteiger partial charge is 0.355 e. The molecule has 15 heavy (non-hydrogen) atoms. The number of hydrogen-bond donors (Lipinski definition) is 2. The van der Waals surface area contributed by atoms with Gasteiger partial charge in [0.15, 0.2) is 11.8 Å². The van der Waals surface area contributed by atoms with E-state index in [9.17, 15) is 0 Å². The molecule has 3 rings (SSSR count). The summed E-state index contributed by atoms with van der Waals surface area (Å²) in [7, 11) is 0. The van der Waals surface area contributed by atoms with Crippen LogP contribution in [0.25, 0.3) is 11.2 Å². The zero-order valence-electron chi connectivity index (χ0n) is 8.70. The van der Waals surface area contributed by atoms with Gasteiger partial charge in [0.05, 0.1) is 6.04 Å². The first kappa shape index (κ1) is 8.64. The summed E-state index contributed by atoms with van der Waals surface area (Å²) < 4.78 is 2.16. The highest BCUT2D eigenvalue weighted by molar-refractivity contribution is 5.79. The van der Waals surface area contributed by atoms with E-state index < -0.39 is 0 Å². The van der Waals surface area contributed by atoms with Gasteiger partial charge in [-0.2, -0.15) is 0 Å². The Bertz CT molecular complexity index is 486. The monoisotopic (exact) mass is 204 g/mol. The molecule has 2 heterocycles. The van der Waals surface area contributed by atoms with E-state index in [0.29, 0.717) is 6.04 Å². The minimum atomic E-state index is 0.610. The first-order valence-corrected chi connectivity index (χ1v) is 5.37. The molecule has 1 aliphatic carbocycles. The molecule has 0 radical (unpaired) electrons. The maximum atomic E-state index is 4.41. The van der Waals surface area contributed by atoms with E-state index in [1.54, 1.807) is 6.33 Å². The number of nitrogens with one attached hydrogen (secondary N) is 2. The maximum Gasteiger partial charge on any atom is 0.293 e. The number of anilines is 1. The minimum Gasteiger partial charge on any atom is -0.355 e. The summed E-state index contributed by atoms with van der Waals surface area (Å²) in [4.78, 5) is 11.9. The molecule has 2 N–H and O–H groups in total. The van der Waals surface area contributed by atoms with Crippen LogP contribution in [-0.4, -0.2) is 21.5 Å². The van der Waals surface area contributed by atoms with Crippen molar-refractivity contribution in [3.63, 3.8) is 0 Å². The molecule has 0 aliphatic heterocycles. The van der Waals surface area contributed by atoms with Gasteiger partial charge in [0.2, 0.25) is 12.1 Å². The molecular formula is C10H14N5+. The van der Waals surface area contributed by atoms with Gasteiger partial charge < -0.3 is 10.3 Å². The number of fused-ring (bicyclic) bond motifs is 1. The SMILES string of the molecule is CCNc1nc[n+](C2CC2)c2nc[nH]c12. The van der Waals surface area contributed by atoms with Gasteiger partial charge in [0.25, 0.3) is 5.65 Å². The molecule has 1 aliphatic rings. The van der Waals surface area contributed by atoms with Crippen LogP contribution in [0.15, 0.2) is 12.7 Å². The van der Waals surface area contributed by atoms with Crippen molar-refractivity contribution in [1.82, 2.24) is 15.0 Å². The Balaban J connectivity index is 2.16. The third-order valence-electron chi connectivity index (χ3n) is 2.70. The molecule has 0 atom stereocenters. The smallest absolute Gasteiger partial charge is 0.293 e. The maximum absolute atomic E-state index is 4.41. The van der Waals surface area contributed by atoms with Crippen LogP contribution in [0, 0.1) is 0 Å². The molecule has 2 aromatic heterocycles. The van der Waals surface area contributed by atoms with Gasteiger partial charge >= 0.3 is 0 Å². The molecule has 78 valence electrons. The second kappa shape index (κ2) is 3.18. The van der Waals surface area contributed by atoms with Gasteiger partial charge in [0, 0.05) is 6.54 Å². The summed E-state index contributed by atoms with van der Waals surface area (Å²) in [6, 6.07) is 0.610. The van der Waals surface area contributed by atoms with Crippen molar-refractivity contribution >= 4 is 17.0 Å². The number of aromatic nitrogens is 4. The van der Waals surface area contributed by atoms with E-state index in [1.807, 2.05) is 6.33 Å². The first-order chi connectivity index (χ1) is 7.40. The van der Waals surface area contributed by atoms with E-state index in [-0.39, 0.29) is 0 Å². The fourth-order valence-corrected chi connectivity index (χ4v) is 1.82. The molecule has 0 saturated heterocycles. The van der Waals surface area contributed by atoms with Gasteiger partial charge in [-0.25, -0.2) is 4.57 Å². The van der Waals surface area contributed by atoms with E-state index >= 15 is 0 Å². The second-order valence-corrected chi connectivity index (χ2v) is 3.86. The molecule has 5 heteroatoms. The van der Waals surface area contributed by atoms with Crippen LogP contribution in [0.4, 0.5) is 5.82 Å². The van der Waals surface area contributed by atoms with Crippen LogP contribution < -0.4 is 9.88 Å². The standard InChI is InChI=1S/C10H13N5/c1-2-11-9-8-10(13-5-12-8)15(6-14-9)7-3-4-7/h5-7H,2-4H2,1H3,(H,11,12,13)/p+1. The molecule has 2 aromatic rings. The van der Waals surface area contributed by atoms with Crippen molar-refractivity contribution in [2.24, 2.45) is 0 Å². The zero-order chi connectivity index (χ0) is 10.3. The number of imidazole rings is 1. The van der Waals surface area contributed by atoms with Crippen LogP contribution in [0.5, 0.6) is 0 Å². The zero-order valence-corrected chi connectivity index (χ0v) is 8.70. The predicted octanol–water partition coefficient (Wildman–Crippen LogP) is 1.01. The lowest BCUT2D eigenvalue weighted by molar-refractivity contribution is -0.679. The van der Waals surface area contributed by atoms with E-state index in [0.717, 1.165) is 23.5 Å². The Morgan fingerprint density at radius 3 is 3.13 bits per heavy atom. The Kier molecular flexibility index (Phi) is 1.83. The molecule has 5 nitrogen and oxygen atoms in total. The highest BCUT2D eigenvalue weighted by Gasteiger charge is 2.30. The lowest BCUT2D eigenvalue weighted by Gasteiger charge is -2.01. The fraction of sp³-hybridized carbons (Fsp3) is 0.500. The summed E-state index contributed by atoms with van der Waals surface area (Å²) in [5.74, 6) is 0.891. The third kappa shape index (κ3) is 1.35. The summed E-state index contributed by atoms with van der Waals surface area (Å²) in [6.45, 7) is 2.93. The number of H-pyrrole nitrogens is 1. The first-order valence-electron chi connectivity index (χ1n) is 5.37. The number of hydrogen-bond acceptors (Lipinski definition) is 3. The molecular weight excluding hydrogens is 190 g/mol. The van der Waals surface area contributed by atoms with Crippen molar-refractivity contribution in [3.8, 4) is 0 Å². The second-order valence-electron chi connectivity index (χ2n) is 3.86. The van der Waals surface area contributed by atoms with Gasteiger partial charge in [0.1, 0.15) is 0 Å². The van der Waals surface area contributed by atoms with Crippen LogP contribution >= 0.6 is 0 Å². The molecule has 0 amide bonds. The lowest BCUT2D eigenvalue weighted by atomic mass is 10.4. The van der Waals surface area contributed by atoms with Crippen LogP contribution in [0.1, 0.15) is 25.8 Å². The Hall–Kier alpha value is -1.65. The highest BCUT2D eigenvalue weighted by Crippen LogP contribution is 2.30. The molecule has 1 fully saturated rings. The van der Waals surface area contributed by atoms with Gasteiger partial charge in [-0.05, 0) is 19.8 Å². The van der Waals surface area contributed by atoms with Crippen molar-refractivity contribution < 1.29 is 4.57 Å². The van der Waals surface area contributed by atoms with E-state index in [1.165, 1.54) is 12.8 Å². The Morgan fingerprint density at radius 2 is 2.40 bits per heavy atom. The van der Waals surface area contributed by atoms with Gasteiger partial charge in [-0.1, -0.05) is 9.97 Å².